The van der Waals surface area contributed by atoms with Gasteiger partial charge in [-0.1, -0.05) is 75.8 Å². The van der Waals surface area contributed by atoms with E-state index in [1.165, 1.54) is 25.7 Å². The standard InChI is InChI=1S/C22H35NO4/c1-4-6-7-8-9-13-16-20(22(25)26-5-2)23-18(3)21(24)27-17-19-14-11-10-12-15-19/h10-12,14-15,18,20,23H,4-9,13,16-17H2,1-3H3/t18-,20-/m0/s1. The molecule has 0 aliphatic rings. The number of hydrogen-bond donors (Lipinski definition) is 1. The summed E-state index contributed by atoms with van der Waals surface area (Å²) in [5, 5.41) is 3.09. The third-order valence-electron chi connectivity index (χ3n) is 4.45. The summed E-state index contributed by atoms with van der Waals surface area (Å²) in [6.45, 7) is 6.27. The van der Waals surface area contributed by atoms with Crippen molar-refractivity contribution in [3.63, 3.8) is 0 Å². The minimum atomic E-state index is -0.566. The molecule has 0 aliphatic heterocycles. The number of hydrogen-bond acceptors (Lipinski definition) is 5. The van der Waals surface area contributed by atoms with Crippen molar-refractivity contribution in [2.75, 3.05) is 6.61 Å². The van der Waals surface area contributed by atoms with Crippen molar-refractivity contribution >= 4 is 11.9 Å². The topological polar surface area (TPSA) is 64.6 Å². The maximum atomic E-state index is 12.2. The molecule has 0 saturated carbocycles. The van der Waals surface area contributed by atoms with Crippen LogP contribution in [-0.2, 0) is 25.7 Å². The molecule has 5 heteroatoms. The Kier molecular flexibility index (Phi) is 12.2. The van der Waals surface area contributed by atoms with Crippen molar-refractivity contribution in [3.05, 3.63) is 35.9 Å². The lowest BCUT2D eigenvalue weighted by atomic mass is 10.0. The van der Waals surface area contributed by atoms with Gasteiger partial charge in [-0.25, -0.2) is 0 Å². The van der Waals surface area contributed by atoms with E-state index >= 15 is 0 Å². The van der Waals surface area contributed by atoms with E-state index in [1.807, 2.05) is 30.3 Å². The lowest BCUT2D eigenvalue weighted by Gasteiger charge is -2.21. The van der Waals surface area contributed by atoms with Gasteiger partial charge in [0.25, 0.3) is 0 Å². The average molecular weight is 378 g/mol. The minimum Gasteiger partial charge on any atom is -0.465 e. The Morgan fingerprint density at radius 3 is 2.26 bits per heavy atom. The van der Waals surface area contributed by atoms with E-state index in [-0.39, 0.29) is 18.5 Å². The van der Waals surface area contributed by atoms with Crippen LogP contribution in [0.2, 0.25) is 0 Å². The van der Waals surface area contributed by atoms with Crippen LogP contribution in [0.1, 0.15) is 71.3 Å². The van der Waals surface area contributed by atoms with Gasteiger partial charge >= 0.3 is 11.9 Å². The Balaban J connectivity index is 2.44. The van der Waals surface area contributed by atoms with E-state index < -0.39 is 12.1 Å². The first-order valence-electron chi connectivity index (χ1n) is 10.2. The number of rotatable bonds is 14. The zero-order chi connectivity index (χ0) is 19.9. The molecule has 152 valence electrons. The van der Waals surface area contributed by atoms with Crippen LogP contribution >= 0.6 is 0 Å². The molecule has 0 bridgehead atoms. The van der Waals surface area contributed by atoms with E-state index in [1.54, 1.807) is 13.8 Å². The van der Waals surface area contributed by atoms with Crippen LogP contribution in [0.25, 0.3) is 0 Å². The highest BCUT2D eigenvalue weighted by molar-refractivity contribution is 5.79. The summed E-state index contributed by atoms with van der Waals surface area (Å²) in [4.78, 5) is 24.5. The van der Waals surface area contributed by atoms with Crippen molar-refractivity contribution in [2.45, 2.75) is 84.4 Å². The molecule has 1 aromatic rings. The van der Waals surface area contributed by atoms with Crippen molar-refractivity contribution < 1.29 is 19.1 Å². The summed E-state index contributed by atoms with van der Waals surface area (Å²) < 4.78 is 10.5. The number of carbonyl (C=O) groups is 2. The van der Waals surface area contributed by atoms with Crippen LogP contribution in [0.3, 0.4) is 0 Å². The molecule has 0 fully saturated rings. The van der Waals surface area contributed by atoms with Crippen LogP contribution in [-0.4, -0.2) is 30.6 Å². The summed E-state index contributed by atoms with van der Waals surface area (Å²) in [6.07, 6.45) is 7.57. The molecule has 5 nitrogen and oxygen atoms in total. The summed E-state index contributed by atoms with van der Waals surface area (Å²) in [5.41, 5.74) is 0.937. The Labute approximate surface area is 163 Å². The number of carbonyl (C=O) groups excluding carboxylic acids is 2. The quantitative estimate of drug-likeness (QED) is 0.385. The monoisotopic (exact) mass is 377 g/mol. The van der Waals surface area contributed by atoms with Gasteiger partial charge in [0.15, 0.2) is 0 Å². The van der Waals surface area contributed by atoms with Gasteiger partial charge in [0, 0.05) is 0 Å². The Morgan fingerprint density at radius 2 is 1.59 bits per heavy atom. The van der Waals surface area contributed by atoms with E-state index in [4.69, 9.17) is 9.47 Å². The van der Waals surface area contributed by atoms with Crippen molar-refractivity contribution in [3.8, 4) is 0 Å². The second-order valence-corrected chi connectivity index (χ2v) is 6.84. The molecule has 0 unspecified atom stereocenters. The minimum absolute atomic E-state index is 0.229. The zero-order valence-electron chi connectivity index (χ0n) is 17.0. The molecule has 0 heterocycles. The van der Waals surface area contributed by atoms with Gasteiger partial charge in [0.05, 0.1) is 6.61 Å². The van der Waals surface area contributed by atoms with E-state index in [0.29, 0.717) is 13.0 Å². The summed E-state index contributed by atoms with van der Waals surface area (Å²) in [6, 6.07) is 8.50. The first-order chi connectivity index (χ1) is 13.1. The number of unbranched alkanes of at least 4 members (excludes halogenated alkanes) is 5. The predicted molar refractivity (Wildman–Crippen MR) is 107 cm³/mol. The fourth-order valence-electron chi connectivity index (χ4n) is 2.86. The molecular formula is C22H35NO4. The summed E-state index contributed by atoms with van der Waals surface area (Å²) in [5.74, 6) is -0.662. The van der Waals surface area contributed by atoms with Crippen LogP contribution < -0.4 is 5.32 Å². The van der Waals surface area contributed by atoms with E-state index in [9.17, 15) is 9.59 Å². The van der Waals surface area contributed by atoms with Gasteiger partial charge < -0.3 is 9.47 Å². The molecule has 0 aliphatic carbocycles. The van der Waals surface area contributed by atoms with Crippen molar-refractivity contribution in [1.82, 2.24) is 5.32 Å². The van der Waals surface area contributed by atoms with Crippen LogP contribution in [0, 0.1) is 0 Å². The molecule has 0 aromatic heterocycles. The lowest BCUT2D eigenvalue weighted by molar-refractivity contribution is -0.149. The molecule has 1 aromatic carbocycles. The maximum absolute atomic E-state index is 12.2. The molecule has 1 rings (SSSR count). The first-order valence-corrected chi connectivity index (χ1v) is 10.2. The average Bonchev–Trinajstić information content (AvgIpc) is 2.68. The Bertz CT molecular complexity index is 532. The number of benzene rings is 1. The largest absolute Gasteiger partial charge is 0.465 e. The Hall–Kier alpha value is -1.88. The lowest BCUT2D eigenvalue weighted by Crippen LogP contribution is -2.46. The molecule has 0 radical (unpaired) electrons. The zero-order valence-corrected chi connectivity index (χ0v) is 17.0. The van der Waals surface area contributed by atoms with Crippen LogP contribution in [0.4, 0.5) is 0 Å². The second-order valence-electron chi connectivity index (χ2n) is 6.84. The Morgan fingerprint density at radius 1 is 0.926 bits per heavy atom. The normalized spacial score (nSPS) is 13.0. The van der Waals surface area contributed by atoms with Crippen molar-refractivity contribution in [1.29, 1.82) is 0 Å². The van der Waals surface area contributed by atoms with Gasteiger partial charge in [-0.05, 0) is 25.8 Å². The molecule has 1 N–H and O–H groups in total. The number of nitrogens with one attached hydrogen (secondary N) is 1. The number of ether oxygens (including phenoxy) is 2. The van der Waals surface area contributed by atoms with E-state index in [2.05, 4.69) is 12.2 Å². The van der Waals surface area contributed by atoms with Crippen molar-refractivity contribution in [2.24, 2.45) is 0 Å². The molecule has 0 saturated heterocycles. The second kappa shape index (κ2) is 14.2. The summed E-state index contributed by atoms with van der Waals surface area (Å²) in [7, 11) is 0. The molecule has 2 atom stereocenters. The highest BCUT2D eigenvalue weighted by atomic mass is 16.5. The first kappa shape index (κ1) is 23.2. The smallest absolute Gasteiger partial charge is 0.323 e. The van der Waals surface area contributed by atoms with Crippen LogP contribution in [0.5, 0.6) is 0 Å². The molecule has 0 spiro atoms. The van der Waals surface area contributed by atoms with Gasteiger partial charge in [-0.2, -0.15) is 0 Å². The fourth-order valence-corrected chi connectivity index (χ4v) is 2.86. The summed E-state index contributed by atoms with van der Waals surface area (Å²) >= 11 is 0. The SMILES string of the molecule is CCCCCCCC[C@H](N[C@@H](C)C(=O)OCc1ccccc1)C(=O)OCC. The molecule has 0 amide bonds. The maximum Gasteiger partial charge on any atom is 0.323 e. The molecular weight excluding hydrogens is 342 g/mol. The van der Waals surface area contributed by atoms with Gasteiger partial charge in [-0.15, -0.1) is 0 Å². The molecule has 27 heavy (non-hydrogen) atoms. The third kappa shape index (κ3) is 10.1. The van der Waals surface area contributed by atoms with Crippen LogP contribution in [0.15, 0.2) is 30.3 Å². The van der Waals surface area contributed by atoms with E-state index in [0.717, 1.165) is 18.4 Å². The van der Waals surface area contributed by atoms with Gasteiger partial charge in [0.2, 0.25) is 0 Å². The van der Waals surface area contributed by atoms with Gasteiger partial charge in [-0.3, -0.25) is 14.9 Å². The fraction of sp³-hybridized carbons (Fsp3) is 0.636. The third-order valence-corrected chi connectivity index (χ3v) is 4.45. The number of esters is 2. The van der Waals surface area contributed by atoms with Gasteiger partial charge in [0.1, 0.15) is 18.7 Å². The predicted octanol–water partition coefficient (Wildman–Crippen LogP) is 4.39. The highest BCUT2D eigenvalue weighted by Crippen LogP contribution is 2.11. The highest BCUT2D eigenvalue weighted by Gasteiger charge is 2.25.